The van der Waals surface area contributed by atoms with Gasteiger partial charge in [0, 0.05) is 21.6 Å². The lowest BCUT2D eigenvalue weighted by molar-refractivity contribution is -0.137. The molecule has 9 heteroatoms. The highest BCUT2D eigenvalue weighted by molar-refractivity contribution is 6.30. The molecule has 3 aromatic rings. The van der Waals surface area contributed by atoms with E-state index >= 15 is 0 Å². The van der Waals surface area contributed by atoms with E-state index in [1.165, 1.54) is 0 Å². The van der Waals surface area contributed by atoms with Gasteiger partial charge in [0.15, 0.2) is 0 Å². The maximum absolute atomic E-state index is 14.1. The Bertz CT molecular complexity index is 1480. The molecule has 5 rings (SSSR count). The third kappa shape index (κ3) is 5.62. The van der Waals surface area contributed by atoms with Crippen LogP contribution in [0.3, 0.4) is 0 Å². The van der Waals surface area contributed by atoms with Gasteiger partial charge in [-0.3, -0.25) is 4.79 Å². The monoisotopic (exact) mass is 556 g/mol. The molecule has 1 unspecified atom stereocenters. The molecule has 2 aromatic carbocycles. The number of nitrogens with zero attached hydrogens (tertiary/aromatic N) is 1. The van der Waals surface area contributed by atoms with Crippen LogP contribution in [0.2, 0.25) is 0 Å². The van der Waals surface area contributed by atoms with E-state index in [0.29, 0.717) is 18.9 Å². The molecular formula is C30H28ClF3N2O3. The largest absolute Gasteiger partial charge is 0.478 e. The maximum atomic E-state index is 14.1. The Morgan fingerprint density at radius 3 is 2.41 bits per heavy atom. The smallest absolute Gasteiger partial charge is 0.418 e. The molecule has 1 fully saturated rings. The first-order valence-corrected chi connectivity index (χ1v) is 13.4. The summed E-state index contributed by atoms with van der Waals surface area (Å²) in [6.07, 6.45) is 4.76. The predicted molar refractivity (Wildman–Crippen MR) is 146 cm³/mol. The standard InChI is InChI=1S/C30H28ClF3N2O3/c31-22-13-10-18(11-14-22)26-17-20-8-4-5-9-25(20)36(26)27(19-6-2-1-3-7-19)28(37)35-24-15-12-21(29(38)39)16-23(24)30(32,33)34/h4-5,8-10,12-13,15-17,19,27H,1-3,6-7,11,14H2,(H,35,37)(H,38,39). The van der Waals surface area contributed by atoms with Crippen LogP contribution in [0.1, 0.15) is 72.6 Å². The van der Waals surface area contributed by atoms with Gasteiger partial charge in [-0.25, -0.2) is 4.79 Å². The van der Waals surface area contributed by atoms with Gasteiger partial charge < -0.3 is 15.0 Å². The molecule has 0 radical (unpaired) electrons. The first-order valence-electron chi connectivity index (χ1n) is 13.0. The van der Waals surface area contributed by atoms with E-state index in [-0.39, 0.29) is 5.92 Å². The number of fused-ring (bicyclic) bond motifs is 1. The fourth-order valence-corrected chi connectivity index (χ4v) is 5.92. The Morgan fingerprint density at radius 1 is 1.00 bits per heavy atom. The molecule has 1 heterocycles. The summed E-state index contributed by atoms with van der Waals surface area (Å²) >= 11 is 6.21. The van der Waals surface area contributed by atoms with Crippen molar-refractivity contribution in [3.05, 3.63) is 82.5 Å². The van der Waals surface area contributed by atoms with Crippen molar-refractivity contribution in [2.45, 2.75) is 57.2 Å². The van der Waals surface area contributed by atoms with Gasteiger partial charge in [0.05, 0.1) is 16.8 Å². The number of halogens is 4. The summed E-state index contributed by atoms with van der Waals surface area (Å²) in [6.45, 7) is 0. The minimum absolute atomic E-state index is 0.0794. The lowest BCUT2D eigenvalue weighted by Crippen LogP contribution is -2.34. The number of benzene rings is 2. The number of para-hydroxylation sites is 1. The average molecular weight is 557 g/mol. The Balaban J connectivity index is 1.63. The van der Waals surface area contributed by atoms with Crippen molar-refractivity contribution in [3.8, 4) is 0 Å². The van der Waals surface area contributed by atoms with E-state index in [1.54, 1.807) is 0 Å². The van der Waals surface area contributed by atoms with Crippen LogP contribution in [0.4, 0.5) is 18.9 Å². The summed E-state index contributed by atoms with van der Waals surface area (Å²) in [5.41, 5.74) is 0.537. The maximum Gasteiger partial charge on any atom is 0.418 e. The van der Waals surface area contributed by atoms with Crippen LogP contribution in [-0.2, 0) is 11.0 Å². The Hall–Kier alpha value is -3.52. The molecule has 0 aliphatic heterocycles. The molecule has 1 atom stereocenters. The summed E-state index contributed by atoms with van der Waals surface area (Å²) in [5.74, 6) is -2.11. The number of carboxylic acid groups (broad SMARTS) is 1. The number of anilines is 1. The Morgan fingerprint density at radius 2 is 1.74 bits per heavy atom. The molecule has 0 saturated heterocycles. The number of aromatic nitrogens is 1. The second kappa shape index (κ2) is 10.9. The van der Waals surface area contributed by atoms with Crippen molar-refractivity contribution < 1.29 is 27.9 Å². The van der Waals surface area contributed by atoms with Gasteiger partial charge in [0.1, 0.15) is 6.04 Å². The van der Waals surface area contributed by atoms with E-state index in [4.69, 9.17) is 11.6 Å². The first-order chi connectivity index (χ1) is 18.6. The van der Waals surface area contributed by atoms with E-state index in [2.05, 4.69) is 5.32 Å². The molecule has 204 valence electrons. The first kappa shape index (κ1) is 27.1. The van der Waals surface area contributed by atoms with Crippen LogP contribution < -0.4 is 5.32 Å². The van der Waals surface area contributed by atoms with E-state index < -0.39 is 40.9 Å². The van der Waals surface area contributed by atoms with Gasteiger partial charge in [-0.05, 0) is 73.6 Å². The molecule has 0 spiro atoms. The summed E-state index contributed by atoms with van der Waals surface area (Å²) in [6, 6.07) is 11.6. The zero-order chi connectivity index (χ0) is 27.7. The quantitative estimate of drug-likeness (QED) is 0.320. The fourth-order valence-electron chi connectivity index (χ4n) is 5.77. The number of carbonyl (C=O) groups excluding carboxylic acids is 1. The van der Waals surface area contributed by atoms with E-state index in [9.17, 15) is 27.9 Å². The number of hydrogen-bond acceptors (Lipinski definition) is 2. The number of amides is 1. The van der Waals surface area contributed by atoms with Crippen LogP contribution in [0.15, 0.2) is 65.7 Å². The van der Waals surface area contributed by atoms with Crippen molar-refractivity contribution in [1.82, 2.24) is 4.57 Å². The molecule has 1 saturated carbocycles. The molecule has 1 aromatic heterocycles. The van der Waals surface area contributed by atoms with Crippen LogP contribution in [0.5, 0.6) is 0 Å². The summed E-state index contributed by atoms with van der Waals surface area (Å²) in [5, 5.41) is 13.5. The molecule has 39 heavy (non-hydrogen) atoms. The number of allylic oxidation sites excluding steroid dienone is 4. The number of hydrogen-bond donors (Lipinski definition) is 2. The molecule has 2 N–H and O–H groups in total. The van der Waals surface area contributed by atoms with Crippen molar-refractivity contribution in [2.75, 3.05) is 5.32 Å². The summed E-state index contributed by atoms with van der Waals surface area (Å²) in [7, 11) is 0. The van der Waals surface area contributed by atoms with Crippen molar-refractivity contribution >= 4 is 45.6 Å². The van der Waals surface area contributed by atoms with Crippen LogP contribution in [0.25, 0.3) is 16.5 Å². The zero-order valence-electron chi connectivity index (χ0n) is 21.1. The summed E-state index contributed by atoms with van der Waals surface area (Å²) in [4.78, 5) is 25.4. The minimum Gasteiger partial charge on any atom is -0.478 e. The second-order valence-electron chi connectivity index (χ2n) is 10.2. The molecule has 5 nitrogen and oxygen atoms in total. The van der Waals surface area contributed by atoms with Gasteiger partial charge in [-0.1, -0.05) is 55.1 Å². The molecule has 0 bridgehead atoms. The highest BCUT2D eigenvalue weighted by atomic mass is 35.5. The zero-order valence-corrected chi connectivity index (χ0v) is 21.9. The summed E-state index contributed by atoms with van der Waals surface area (Å²) < 4.78 is 43.8. The third-order valence-corrected chi connectivity index (χ3v) is 7.96. The van der Waals surface area contributed by atoms with Crippen molar-refractivity contribution in [2.24, 2.45) is 5.92 Å². The van der Waals surface area contributed by atoms with Gasteiger partial charge in [-0.2, -0.15) is 13.2 Å². The Kier molecular flexibility index (Phi) is 7.58. The lowest BCUT2D eigenvalue weighted by Gasteiger charge is -2.33. The number of rotatable bonds is 6. The third-order valence-electron chi connectivity index (χ3n) is 7.65. The fraction of sp³-hybridized carbons (Fsp3) is 0.333. The predicted octanol–water partition coefficient (Wildman–Crippen LogP) is 8.42. The SMILES string of the molecule is O=C(O)c1ccc(NC(=O)C(C2CCCCC2)n2c(C3=CC=C(Cl)CC3)cc3ccccc32)c(C(F)(F)F)c1. The van der Waals surface area contributed by atoms with Crippen LogP contribution >= 0.6 is 11.6 Å². The molecule has 2 aliphatic carbocycles. The topological polar surface area (TPSA) is 71.3 Å². The van der Waals surface area contributed by atoms with E-state index in [1.807, 2.05) is 47.1 Å². The molecule has 2 aliphatic rings. The number of alkyl halides is 3. The van der Waals surface area contributed by atoms with Gasteiger partial charge in [0.25, 0.3) is 0 Å². The van der Waals surface area contributed by atoms with Gasteiger partial charge in [-0.15, -0.1) is 0 Å². The second-order valence-corrected chi connectivity index (χ2v) is 10.6. The molecule has 1 amide bonds. The van der Waals surface area contributed by atoms with E-state index in [0.717, 1.165) is 71.4 Å². The average Bonchev–Trinajstić information content (AvgIpc) is 3.28. The highest BCUT2D eigenvalue weighted by Crippen LogP contribution is 2.42. The number of carboxylic acids is 1. The van der Waals surface area contributed by atoms with Crippen molar-refractivity contribution in [1.29, 1.82) is 0 Å². The minimum atomic E-state index is -4.85. The highest BCUT2D eigenvalue weighted by Gasteiger charge is 2.38. The number of aromatic carboxylic acids is 1. The molecular weight excluding hydrogens is 529 g/mol. The van der Waals surface area contributed by atoms with Crippen LogP contribution in [-0.4, -0.2) is 21.6 Å². The lowest BCUT2D eigenvalue weighted by atomic mass is 9.83. The number of carbonyl (C=O) groups is 2. The van der Waals surface area contributed by atoms with Gasteiger partial charge >= 0.3 is 12.1 Å². The van der Waals surface area contributed by atoms with Gasteiger partial charge in [0.2, 0.25) is 5.91 Å². The van der Waals surface area contributed by atoms with Crippen molar-refractivity contribution in [3.63, 3.8) is 0 Å². The number of nitrogens with one attached hydrogen (secondary N) is 1. The van der Waals surface area contributed by atoms with Crippen LogP contribution in [0, 0.1) is 5.92 Å². The Labute approximate surface area is 229 Å². The normalized spacial score (nSPS) is 17.4.